The van der Waals surface area contributed by atoms with Crippen molar-refractivity contribution in [1.29, 1.82) is 0 Å². The Bertz CT molecular complexity index is 1730. The number of nitrogens with one attached hydrogen (secondary N) is 2. The van der Waals surface area contributed by atoms with Crippen LogP contribution in [0.1, 0.15) is 34.8 Å². The monoisotopic (exact) mass is 611 g/mol. The number of nitrogens with zero attached hydrogens (tertiary/aromatic N) is 5. The van der Waals surface area contributed by atoms with Gasteiger partial charge in [0, 0.05) is 34.8 Å². The number of hydrogen-bond acceptors (Lipinski definition) is 8. The number of aryl methyl sites for hydroxylation is 1. The van der Waals surface area contributed by atoms with E-state index in [9.17, 15) is 4.21 Å². The van der Waals surface area contributed by atoms with E-state index < -0.39 is 11.0 Å². The van der Waals surface area contributed by atoms with Crippen LogP contribution in [0, 0.1) is 6.92 Å². The Morgan fingerprint density at radius 1 is 1.05 bits per heavy atom. The number of hydrogen-bond donors (Lipinski definition) is 2. The molecule has 43 heavy (non-hydrogen) atoms. The van der Waals surface area contributed by atoms with Crippen molar-refractivity contribution < 1.29 is 4.21 Å². The second kappa shape index (κ2) is 12.9. The van der Waals surface area contributed by atoms with Gasteiger partial charge in [0.25, 0.3) is 0 Å². The minimum absolute atomic E-state index is 0.0612. The van der Waals surface area contributed by atoms with Crippen LogP contribution in [0.15, 0.2) is 79.0 Å². The number of benzene rings is 2. The predicted molar refractivity (Wildman–Crippen MR) is 179 cm³/mol. The van der Waals surface area contributed by atoms with Crippen molar-refractivity contribution in [2.24, 2.45) is 0 Å². The molecule has 2 aromatic carbocycles. The third-order valence-corrected chi connectivity index (χ3v) is 9.99. The topological polar surface area (TPSA) is 86.3 Å². The third kappa shape index (κ3) is 6.94. The van der Waals surface area contributed by atoms with Gasteiger partial charge in [-0.25, -0.2) is 23.9 Å². The van der Waals surface area contributed by atoms with Gasteiger partial charge in [-0.1, -0.05) is 54.6 Å². The Kier molecular flexibility index (Phi) is 8.80. The van der Waals surface area contributed by atoms with E-state index in [1.165, 1.54) is 20.9 Å². The molecule has 2 atom stereocenters. The highest BCUT2D eigenvalue weighted by molar-refractivity contribution is 7.82. The molecule has 0 aliphatic carbocycles. The lowest BCUT2D eigenvalue weighted by molar-refractivity contribution is 0.403. The zero-order valence-electron chi connectivity index (χ0n) is 24.9. The smallest absolute Gasteiger partial charge is 0.138 e. The van der Waals surface area contributed by atoms with Gasteiger partial charge in [0.2, 0.25) is 0 Å². The van der Waals surface area contributed by atoms with Gasteiger partial charge < -0.3 is 15.1 Å². The van der Waals surface area contributed by atoms with Crippen LogP contribution in [0.3, 0.4) is 0 Å². The molecule has 2 unspecified atom stereocenters. The van der Waals surface area contributed by atoms with Crippen LogP contribution in [0.5, 0.6) is 0 Å². The highest BCUT2D eigenvalue weighted by Crippen LogP contribution is 2.36. The first-order chi connectivity index (χ1) is 20.8. The number of aromatic nitrogens is 3. The van der Waals surface area contributed by atoms with Crippen LogP contribution in [0.25, 0.3) is 21.3 Å². The zero-order chi connectivity index (χ0) is 29.9. The molecule has 1 fully saturated rings. The van der Waals surface area contributed by atoms with Gasteiger partial charge in [0.15, 0.2) is 0 Å². The zero-order valence-corrected chi connectivity index (χ0v) is 26.6. The molecule has 1 aliphatic heterocycles. The molecule has 0 radical (unpaired) electrons. The summed E-state index contributed by atoms with van der Waals surface area (Å²) in [5.41, 5.74) is 4.49. The van der Waals surface area contributed by atoms with Crippen molar-refractivity contribution in [2.45, 2.75) is 38.2 Å². The first-order valence-corrected chi connectivity index (χ1v) is 16.6. The molecule has 10 heteroatoms. The van der Waals surface area contributed by atoms with E-state index in [-0.39, 0.29) is 12.1 Å². The second-order valence-corrected chi connectivity index (χ2v) is 13.7. The van der Waals surface area contributed by atoms with Gasteiger partial charge >= 0.3 is 0 Å². The number of anilines is 2. The highest BCUT2D eigenvalue weighted by Gasteiger charge is 2.29. The van der Waals surface area contributed by atoms with Crippen molar-refractivity contribution in [3.63, 3.8) is 0 Å². The molecule has 5 aromatic rings. The Morgan fingerprint density at radius 3 is 2.60 bits per heavy atom. The Labute approximate surface area is 259 Å². The van der Waals surface area contributed by atoms with Gasteiger partial charge in [-0.05, 0) is 62.8 Å². The maximum Gasteiger partial charge on any atom is 0.138 e. The molecule has 3 aromatic heterocycles. The molecular weight excluding hydrogens is 575 g/mol. The number of rotatable bonds is 11. The lowest BCUT2D eigenvalue weighted by Crippen LogP contribution is -2.58. The molecule has 222 valence electrons. The van der Waals surface area contributed by atoms with Crippen molar-refractivity contribution in [3.8, 4) is 10.4 Å². The average molecular weight is 612 g/mol. The largest absolute Gasteiger partial charge is 0.362 e. The van der Waals surface area contributed by atoms with Gasteiger partial charge in [-0.15, -0.1) is 11.3 Å². The summed E-state index contributed by atoms with van der Waals surface area (Å²) in [5.74, 6) is 2.89. The maximum absolute atomic E-state index is 12.6. The molecule has 0 spiro atoms. The van der Waals surface area contributed by atoms with Crippen LogP contribution in [-0.4, -0.2) is 57.3 Å². The lowest BCUT2D eigenvalue weighted by Gasteiger charge is -2.40. The molecule has 0 bridgehead atoms. The van der Waals surface area contributed by atoms with E-state index in [0.29, 0.717) is 11.6 Å². The lowest BCUT2D eigenvalue weighted by atomic mass is 10.1. The van der Waals surface area contributed by atoms with Gasteiger partial charge in [0.1, 0.15) is 17.5 Å². The summed E-state index contributed by atoms with van der Waals surface area (Å²) in [6.07, 6.45) is 1.83. The van der Waals surface area contributed by atoms with Crippen molar-refractivity contribution >= 4 is 44.9 Å². The van der Waals surface area contributed by atoms with Crippen LogP contribution in [-0.2, 0) is 23.3 Å². The first kappa shape index (κ1) is 29.4. The first-order valence-electron chi connectivity index (χ1n) is 14.5. The number of fused-ring (bicyclic) bond motifs is 1. The summed E-state index contributed by atoms with van der Waals surface area (Å²) in [6.45, 7) is 6.49. The molecule has 0 saturated carbocycles. The van der Waals surface area contributed by atoms with Crippen molar-refractivity contribution in [3.05, 3.63) is 101 Å². The second-order valence-electron chi connectivity index (χ2n) is 11.3. The van der Waals surface area contributed by atoms with Crippen LogP contribution >= 0.6 is 11.3 Å². The summed E-state index contributed by atoms with van der Waals surface area (Å²) in [6, 6.07) is 25.3. The van der Waals surface area contributed by atoms with Crippen LogP contribution in [0.4, 0.5) is 11.6 Å². The Balaban J connectivity index is 1.15. The summed E-state index contributed by atoms with van der Waals surface area (Å²) in [7, 11) is 3.08. The molecule has 4 heterocycles. The summed E-state index contributed by atoms with van der Waals surface area (Å²) in [5, 5.41) is 4.61. The summed E-state index contributed by atoms with van der Waals surface area (Å²) >= 11 is 1.81. The molecular formula is C33H37N7OS2. The number of pyridine rings is 1. The molecule has 6 rings (SSSR count). The Morgan fingerprint density at radius 2 is 1.81 bits per heavy atom. The minimum Gasteiger partial charge on any atom is -0.362 e. The molecule has 2 N–H and O–H groups in total. The fraction of sp³-hybridized carbons (Fsp3) is 0.303. The standard InChI is InChI=1S/C33H37N7OS2/c1-22(30-14-15-31(42-30)27-13-9-8-12-25(27)18-39(3)4)35-33-28-16-32(34-17-29(28)36-23(2)37-33)40-19-26(20-40)38-43(41)21-24-10-6-5-7-11-24/h5-17,22,26,38H,18-21H2,1-4H3,(H,35,36,37). The minimum atomic E-state index is -1.12. The molecule has 1 aliphatic rings. The molecule has 8 nitrogen and oxygen atoms in total. The molecule has 1 saturated heterocycles. The summed E-state index contributed by atoms with van der Waals surface area (Å²) < 4.78 is 15.9. The normalized spacial score (nSPS) is 15.0. The van der Waals surface area contributed by atoms with Crippen molar-refractivity contribution in [1.82, 2.24) is 24.6 Å². The number of thiophene rings is 1. The average Bonchev–Trinajstić information content (AvgIpc) is 3.46. The predicted octanol–water partition coefficient (Wildman–Crippen LogP) is 5.94. The van der Waals surface area contributed by atoms with E-state index in [0.717, 1.165) is 47.7 Å². The van der Waals surface area contributed by atoms with Gasteiger partial charge in [-0.2, -0.15) is 0 Å². The van der Waals surface area contributed by atoms with E-state index >= 15 is 0 Å². The van der Waals surface area contributed by atoms with Gasteiger partial charge in [0.05, 0.1) is 40.5 Å². The van der Waals surface area contributed by atoms with Crippen LogP contribution < -0.4 is 14.9 Å². The third-order valence-electron chi connectivity index (χ3n) is 7.50. The van der Waals surface area contributed by atoms with Crippen molar-refractivity contribution in [2.75, 3.05) is 37.4 Å². The Hall–Kier alpha value is -3.70. The maximum atomic E-state index is 12.6. The SMILES string of the molecule is Cc1nc(NC(C)c2ccc(-c3ccccc3CN(C)C)s2)c2cc(N3CC(NS(=O)Cc4ccccc4)C3)ncc2n1. The van der Waals surface area contributed by atoms with E-state index in [1.54, 1.807) is 0 Å². The van der Waals surface area contributed by atoms with E-state index in [1.807, 2.05) is 54.8 Å². The highest BCUT2D eigenvalue weighted by atomic mass is 32.2. The molecule has 0 amide bonds. The summed E-state index contributed by atoms with van der Waals surface area (Å²) in [4.78, 5) is 21.0. The fourth-order valence-corrected chi connectivity index (χ4v) is 7.53. The van der Waals surface area contributed by atoms with Crippen LogP contribution in [0.2, 0.25) is 0 Å². The van der Waals surface area contributed by atoms with E-state index in [4.69, 9.17) is 9.97 Å². The quantitative estimate of drug-likeness (QED) is 0.191. The fourth-order valence-electron chi connectivity index (χ4n) is 5.36. The van der Waals surface area contributed by atoms with Gasteiger partial charge in [-0.3, -0.25) is 0 Å². The van der Waals surface area contributed by atoms with E-state index in [2.05, 4.69) is 88.3 Å².